The van der Waals surface area contributed by atoms with Crippen molar-refractivity contribution in [2.24, 2.45) is 5.92 Å². The Morgan fingerprint density at radius 2 is 2.33 bits per heavy atom. The Bertz CT molecular complexity index is 349. The molecule has 3 nitrogen and oxygen atoms in total. The molecule has 0 unspecified atom stereocenters. The summed E-state index contributed by atoms with van der Waals surface area (Å²) in [5.74, 6) is 0.726. The predicted molar refractivity (Wildman–Crippen MR) is 65.0 cm³/mol. The van der Waals surface area contributed by atoms with E-state index in [1.807, 2.05) is 11.4 Å². The number of urea groups is 1. The molecule has 2 rings (SSSR count). The summed E-state index contributed by atoms with van der Waals surface area (Å²) < 4.78 is 1.09. The van der Waals surface area contributed by atoms with Crippen LogP contribution in [0.15, 0.2) is 15.2 Å². The number of nitrogens with one attached hydrogen (secondary N) is 2. The summed E-state index contributed by atoms with van der Waals surface area (Å²) in [6.07, 6.45) is 2.52. The molecule has 0 aliphatic heterocycles. The van der Waals surface area contributed by atoms with Gasteiger partial charge in [-0.1, -0.05) is 0 Å². The lowest BCUT2D eigenvalue weighted by Gasteiger charge is -2.06. The zero-order valence-corrected chi connectivity index (χ0v) is 10.7. The largest absolute Gasteiger partial charge is 0.338 e. The van der Waals surface area contributed by atoms with Gasteiger partial charge in [-0.15, -0.1) is 11.3 Å². The second-order valence-electron chi connectivity index (χ2n) is 3.73. The quantitative estimate of drug-likeness (QED) is 0.879. The topological polar surface area (TPSA) is 41.1 Å². The molecule has 1 fully saturated rings. The van der Waals surface area contributed by atoms with Gasteiger partial charge in [-0.2, -0.15) is 0 Å². The fourth-order valence-electron chi connectivity index (χ4n) is 1.24. The number of rotatable bonds is 4. The van der Waals surface area contributed by atoms with Gasteiger partial charge in [0.1, 0.15) is 0 Å². The molecule has 0 aromatic carbocycles. The first-order valence-electron chi connectivity index (χ1n) is 4.99. The van der Waals surface area contributed by atoms with Crippen molar-refractivity contribution < 1.29 is 4.79 Å². The van der Waals surface area contributed by atoms with Crippen molar-refractivity contribution in [2.75, 3.05) is 6.54 Å². The van der Waals surface area contributed by atoms with Crippen molar-refractivity contribution in [3.8, 4) is 0 Å². The first-order valence-corrected chi connectivity index (χ1v) is 6.66. The van der Waals surface area contributed by atoms with Crippen molar-refractivity contribution in [3.05, 3.63) is 20.8 Å². The second-order valence-corrected chi connectivity index (χ2v) is 5.96. The van der Waals surface area contributed by atoms with Crippen LogP contribution in [0.25, 0.3) is 0 Å². The minimum absolute atomic E-state index is 0.0694. The zero-order valence-electron chi connectivity index (χ0n) is 8.25. The third-order valence-corrected chi connectivity index (χ3v) is 4.19. The van der Waals surface area contributed by atoms with Gasteiger partial charge in [-0.25, -0.2) is 4.79 Å². The Labute approximate surface area is 101 Å². The number of hydrogen-bond donors (Lipinski definition) is 2. The molecule has 2 amide bonds. The molecule has 1 aromatic rings. The van der Waals surface area contributed by atoms with E-state index in [9.17, 15) is 4.79 Å². The molecule has 15 heavy (non-hydrogen) atoms. The van der Waals surface area contributed by atoms with Crippen LogP contribution in [0, 0.1) is 5.92 Å². The van der Waals surface area contributed by atoms with Crippen LogP contribution >= 0.6 is 27.3 Å². The van der Waals surface area contributed by atoms with E-state index in [4.69, 9.17) is 0 Å². The molecule has 1 heterocycles. The number of thiophene rings is 1. The number of halogens is 1. The highest BCUT2D eigenvalue weighted by Crippen LogP contribution is 2.27. The summed E-state index contributed by atoms with van der Waals surface area (Å²) >= 11 is 5.06. The maximum Gasteiger partial charge on any atom is 0.315 e. The summed E-state index contributed by atoms with van der Waals surface area (Å²) in [5.41, 5.74) is 1.13. The van der Waals surface area contributed by atoms with E-state index in [1.54, 1.807) is 11.3 Å². The van der Waals surface area contributed by atoms with Crippen LogP contribution in [0.5, 0.6) is 0 Å². The Morgan fingerprint density at radius 1 is 1.53 bits per heavy atom. The Kier molecular flexibility index (Phi) is 3.64. The molecular weight excluding hydrogens is 276 g/mol. The SMILES string of the molecule is O=C(NCc1ccsc1Br)NCC1CC1. The fourth-order valence-corrected chi connectivity index (χ4v) is 2.48. The standard InChI is InChI=1S/C10H13BrN2OS/c11-9-8(3-4-15-9)6-13-10(14)12-5-7-1-2-7/h3-4,7H,1-2,5-6H2,(H2,12,13,14). The molecule has 1 aliphatic carbocycles. The van der Waals surface area contributed by atoms with Crippen LogP contribution in [-0.2, 0) is 6.54 Å². The van der Waals surface area contributed by atoms with Gasteiger partial charge in [0, 0.05) is 13.1 Å². The second kappa shape index (κ2) is 4.99. The molecule has 5 heteroatoms. The van der Waals surface area contributed by atoms with Gasteiger partial charge in [0.15, 0.2) is 0 Å². The van der Waals surface area contributed by atoms with E-state index in [1.165, 1.54) is 12.8 Å². The maximum atomic E-state index is 11.3. The molecule has 1 saturated carbocycles. The molecule has 1 aromatic heterocycles. The first-order chi connectivity index (χ1) is 7.25. The van der Waals surface area contributed by atoms with Crippen molar-refractivity contribution in [1.29, 1.82) is 0 Å². The highest BCUT2D eigenvalue weighted by atomic mass is 79.9. The number of hydrogen-bond acceptors (Lipinski definition) is 2. The van der Waals surface area contributed by atoms with Crippen molar-refractivity contribution in [1.82, 2.24) is 10.6 Å². The zero-order chi connectivity index (χ0) is 10.7. The molecule has 0 saturated heterocycles. The lowest BCUT2D eigenvalue weighted by atomic mass is 10.3. The van der Waals surface area contributed by atoms with Crippen LogP contribution in [0.3, 0.4) is 0 Å². The van der Waals surface area contributed by atoms with E-state index in [-0.39, 0.29) is 6.03 Å². The average molecular weight is 289 g/mol. The van der Waals surface area contributed by atoms with Gasteiger partial charge in [0.05, 0.1) is 3.79 Å². The van der Waals surface area contributed by atoms with Gasteiger partial charge in [-0.3, -0.25) is 0 Å². The minimum Gasteiger partial charge on any atom is -0.338 e. The first kappa shape index (κ1) is 11.0. The summed E-state index contributed by atoms with van der Waals surface area (Å²) in [7, 11) is 0. The van der Waals surface area contributed by atoms with E-state index in [0.717, 1.165) is 21.8 Å². The van der Waals surface area contributed by atoms with Crippen LogP contribution in [0.4, 0.5) is 4.79 Å². The van der Waals surface area contributed by atoms with Gasteiger partial charge in [0.25, 0.3) is 0 Å². The lowest BCUT2D eigenvalue weighted by Crippen LogP contribution is -2.36. The summed E-state index contributed by atoms with van der Waals surface area (Å²) in [5, 5.41) is 7.70. The minimum atomic E-state index is -0.0694. The third-order valence-electron chi connectivity index (χ3n) is 2.38. The molecule has 82 valence electrons. The predicted octanol–water partition coefficient (Wildman–Crippen LogP) is 2.72. The van der Waals surface area contributed by atoms with E-state index >= 15 is 0 Å². The molecule has 0 radical (unpaired) electrons. The monoisotopic (exact) mass is 288 g/mol. The van der Waals surface area contributed by atoms with Gasteiger partial charge in [-0.05, 0) is 51.7 Å². The molecule has 0 bridgehead atoms. The molecule has 0 spiro atoms. The number of carbonyl (C=O) groups excluding carboxylic acids is 1. The summed E-state index contributed by atoms with van der Waals surface area (Å²) in [6.45, 7) is 1.40. The van der Waals surface area contributed by atoms with Gasteiger partial charge >= 0.3 is 6.03 Å². The van der Waals surface area contributed by atoms with E-state index in [0.29, 0.717) is 6.54 Å². The van der Waals surface area contributed by atoms with Crippen LogP contribution < -0.4 is 10.6 Å². The highest BCUT2D eigenvalue weighted by molar-refractivity contribution is 9.11. The average Bonchev–Trinajstić information content (AvgIpc) is 2.96. The van der Waals surface area contributed by atoms with Crippen molar-refractivity contribution in [3.63, 3.8) is 0 Å². The fraction of sp³-hybridized carbons (Fsp3) is 0.500. The van der Waals surface area contributed by atoms with Gasteiger partial charge in [0.2, 0.25) is 0 Å². The Morgan fingerprint density at radius 3 is 2.93 bits per heavy atom. The third kappa shape index (κ3) is 3.50. The van der Waals surface area contributed by atoms with Crippen molar-refractivity contribution >= 4 is 33.3 Å². The van der Waals surface area contributed by atoms with Gasteiger partial charge < -0.3 is 10.6 Å². The number of carbonyl (C=O) groups is 1. The molecular formula is C10H13BrN2OS. The van der Waals surface area contributed by atoms with Crippen molar-refractivity contribution in [2.45, 2.75) is 19.4 Å². The molecule has 0 atom stereocenters. The van der Waals surface area contributed by atoms with E-state index in [2.05, 4.69) is 26.6 Å². The van der Waals surface area contributed by atoms with Crippen LogP contribution in [-0.4, -0.2) is 12.6 Å². The molecule has 1 aliphatic rings. The summed E-state index contributed by atoms with van der Waals surface area (Å²) in [6, 6.07) is 1.94. The van der Waals surface area contributed by atoms with E-state index < -0.39 is 0 Å². The highest BCUT2D eigenvalue weighted by Gasteiger charge is 2.21. The normalized spacial score (nSPS) is 15.0. The Hall–Kier alpha value is -0.550. The number of amides is 2. The maximum absolute atomic E-state index is 11.3. The molecule has 2 N–H and O–H groups in total. The lowest BCUT2D eigenvalue weighted by molar-refractivity contribution is 0.240. The van der Waals surface area contributed by atoms with Crippen LogP contribution in [0.1, 0.15) is 18.4 Å². The van der Waals surface area contributed by atoms with Crippen LogP contribution in [0.2, 0.25) is 0 Å². The smallest absolute Gasteiger partial charge is 0.315 e. The summed E-state index contributed by atoms with van der Waals surface area (Å²) in [4.78, 5) is 11.3. The Balaban J connectivity index is 1.68.